The molecule has 21 heavy (non-hydrogen) atoms. The van der Waals surface area contributed by atoms with Crippen LogP contribution < -0.4 is 0 Å². The van der Waals surface area contributed by atoms with Gasteiger partial charge in [-0.2, -0.15) is 0 Å². The molecule has 2 aromatic rings. The fourth-order valence-electron chi connectivity index (χ4n) is 2.91. The number of alkyl halides is 1. The number of rotatable bonds is 4. The Hall–Kier alpha value is -0.780. The van der Waals surface area contributed by atoms with Gasteiger partial charge in [-0.05, 0) is 24.5 Å². The van der Waals surface area contributed by atoms with Gasteiger partial charge in [0.1, 0.15) is 11.3 Å². The molecule has 1 fully saturated rings. The summed E-state index contributed by atoms with van der Waals surface area (Å²) in [4.78, 5) is 4.58. The maximum Gasteiger partial charge on any atom is 0.150 e. The number of benzene rings is 1. The van der Waals surface area contributed by atoms with Crippen LogP contribution in [0.2, 0.25) is 5.02 Å². The molecule has 1 unspecified atom stereocenters. The van der Waals surface area contributed by atoms with Crippen LogP contribution in [0.4, 0.5) is 0 Å². The molecule has 1 aromatic carbocycles. The zero-order chi connectivity index (χ0) is 15.0. The van der Waals surface area contributed by atoms with E-state index in [9.17, 15) is 8.42 Å². The molecule has 114 valence electrons. The maximum absolute atomic E-state index is 11.6. The number of sulfone groups is 1. The van der Waals surface area contributed by atoms with E-state index in [1.165, 1.54) is 0 Å². The highest BCUT2D eigenvalue weighted by Crippen LogP contribution is 2.27. The summed E-state index contributed by atoms with van der Waals surface area (Å²) < 4.78 is 25.3. The van der Waals surface area contributed by atoms with Gasteiger partial charge in [0.05, 0.1) is 22.0 Å². The minimum Gasteiger partial charge on any atom is -0.328 e. The first-order valence-corrected chi connectivity index (χ1v) is 9.63. The van der Waals surface area contributed by atoms with Crippen molar-refractivity contribution in [1.29, 1.82) is 0 Å². The van der Waals surface area contributed by atoms with E-state index >= 15 is 0 Å². The van der Waals surface area contributed by atoms with Gasteiger partial charge >= 0.3 is 0 Å². The van der Waals surface area contributed by atoms with Gasteiger partial charge in [-0.1, -0.05) is 17.7 Å². The minimum absolute atomic E-state index is 0.139. The van der Waals surface area contributed by atoms with Crippen LogP contribution in [0.5, 0.6) is 0 Å². The molecule has 7 heteroatoms. The summed E-state index contributed by atoms with van der Waals surface area (Å²) in [7, 11) is -2.87. The van der Waals surface area contributed by atoms with E-state index in [0.717, 1.165) is 16.9 Å². The predicted octanol–water partition coefficient (Wildman–Crippen LogP) is 2.91. The van der Waals surface area contributed by atoms with Gasteiger partial charge in [-0.25, -0.2) is 13.4 Å². The van der Waals surface area contributed by atoms with E-state index in [1.54, 1.807) is 0 Å². The number of imidazole rings is 1. The molecule has 0 radical (unpaired) electrons. The molecule has 0 bridgehead atoms. The summed E-state index contributed by atoms with van der Waals surface area (Å²) in [5.41, 5.74) is 1.71. The van der Waals surface area contributed by atoms with Crippen molar-refractivity contribution in [2.24, 2.45) is 5.92 Å². The van der Waals surface area contributed by atoms with Gasteiger partial charge in [-0.3, -0.25) is 0 Å². The van der Waals surface area contributed by atoms with Crippen molar-refractivity contribution in [3.05, 3.63) is 29.0 Å². The summed E-state index contributed by atoms with van der Waals surface area (Å²) in [5.74, 6) is 2.03. The largest absolute Gasteiger partial charge is 0.328 e. The molecule has 4 nitrogen and oxygen atoms in total. The Morgan fingerprint density at radius 3 is 2.86 bits per heavy atom. The molecule has 2 heterocycles. The van der Waals surface area contributed by atoms with Gasteiger partial charge < -0.3 is 4.57 Å². The molecule has 0 spiro atoms. The summed E-state index contributed by atoms with van der Waals surface area (Å²) in [5, 5.41) is 0.612. The second kappa shape index (κ2) is 5.78. The van der Waals surface area contributed by atoms with Crippen molar-refractivity contribution in [3.8, 4) is 0 Å². The Labute approximate surface area is 134 Å². The third-order valence-corrected chi connectivity index (χ3v) is 6.23. The Kier molecular flexibility index (Phi) is 4.17. The van der Waals surface area contributed by atoms with Crippen LogP contribution >= 0.6 is 23.2 Å². The average molecular weight is 347 g/mol. The molecule has 0 aliphatic carbocycles. The summed E-state index contributed by atoms with van der Waals surface area (Å²) >= 11 is 12.1. The number of fused-ring (bicyclic) bond motifs is 1. The number of hydrogen-bond acceptors (Lipinski definition) is 3. The normalized spacial score (nSPS) is 21.1. The summed E-state index contributed by atoms with van der Waals surface area (Å²) in [6, 6.07) is 5.67. The van der Waals surface area contributed by atoms with Crippen molar-refractivity contribution in [2.45, 2.75) is 19.4 Å². The molecule has 1 atom stereocenters. The van der Waals surface area contributed by atoms with Crippen molar-refractivity contribution in [2.75, 3.05) is 17.4 Å². The second-order valence-corrected chi connectivity index (χ2v) is 8.47. The van der Waals surface area contributed by atoms with Crippen LogP contribution in [-0.2, 0) is 22.8 Å². The minimum atomic E-state index is -2.87. The van der Waals surface area contributed by atoms with Gasteiger partial charge in [0.15, 0.2) is 9.84 Å². The highest BCUT2D eigenvalue weighted by molar-refractivity contribution is 7.91. The molecule has 1 saturated heterocycles. The van der Waals surface area contributed by atoms with Crippen LogP contribution in [0.3, 0.4) is 0 Å². The number of para-hydroxylation sites is 1. The van der Waals surface area contributed by atoms with Crippen molar-refractivity contribution in [3.63, 3.8) is 0 Å². The van der Waals surface area contributed by atoms with Crippen LogP contribution in [0.15, 0.2) is 18.2 Å². The average Bonchev–Trinajstić information content (AvgIpc) is 2.94. The van der Waals surface area contributed by atoms with Gasteiger partial charge in [0.2, 0.25) is 0 Å². The lowest BCUT2D eigenvalue weighted by Gasteiger charge is -2.13. The van der Waals surface area contributed by atoms with Gasteiger partial charge in [0, 0.05) is 18.8 Å². The highest BCUT2D eigenvalue weighted by Gasteiger charge is 2.29. The first-order chi connectivity index (χ1) is 10.00. The molecular weight excluding hydrogens is 331 g/mol. The Bertz CT molecular complexity index is 771. The molecule has 0 saturated carbocycles. The van der Waals surface area contributed by atoms with E-state index in [4.69, 9.17) is 23.2 Å². The summed E-state index contributed by atoms with van der Waals surface area (Å²) in [6.07, 6.45) is 1.36. The molecule has 3 rings (SSSR count). The third kappa shape index (κ3) is 3.05. The van der Waals surface area contributed by atoms with Crippen LogP contribution in [0.1, 0.15) is 12.2 Å². The Balaban J connectivity index is 2.00. The van der Waals surface area contributed by atoms with E-state index in [-0.39, 0.29) is 17.4 Å². The monoisotopic (exact) mass is 346 g/mol. The highest BCUT2D eigenvalue weighted by atomic mass is 35.5. The summed E-state index contributed by atoms with van der Waals surface area (Å²) in [6.45, 7) is 0.655. The fourth-order valence-corrected chi connectivity index (χ4v) is 5.14. The fraction of sp³-hybridized carbons (Fsp3) is 0.500. The molecule has 0 N–H and O–H groups in total. The van der Waals surface area contributed by atoms with Gasteiger partial charge in [-0.15, -0.1) is 11.6 Å². The molecule has 0 amide bonds. The van der Waals surface area contributed by atoms with Crippen molar-refractivity contribution >= 4 is 44.1 Å². The molecule has 1 aromatic heterocycles. The van der Waals surface area contributed by atoms with E-state index in [2.05, 4.69) is 9.55 Å². The number of aryl methyl sites for hydroxylation is 1. The van der Waals surface area contributed by atoms with Crippen molar-refractivity contribution < 1.29 is 8.42 Å². The molecular formula is C14H16Cl2N2O2S. The third-order valence-electron chi connectivity index (χ3n) is 3.89. The topological polar surface area (TPSA) is 52.0 Å². The molecule has 1 aliphatic heterocycles. The second-order valence-electron chi connectivity index (χ2n) is 5.45. The SMILES string of the molecule is O=S1(=O)CCC(Cn2c(CCCl)nc3c(Cl)cccc32)C1. The zero-order valence-corrected chi connectivity index (χ0v) is 13.8. The first kappa shape index (κ1) is 15.1. The lowest BCUT2D eigenvalue weighted by molar-refractivity contribution is 0.488. The van der Waals surface area contributed by atoms with E-state index in [0.29, 0.717) is 30.3 Å². The number of halogens is 2. The first-order valence-electron chi connectivity index (χ1n) is 6.90. The number of nitrogens with zero attached hydrogens (tertiary/aromatic N) is 2. The maximum atomic E-state index is 11.6. The standard InChI is InChI=1S/C14H16Cl2N2O2S/c15-6-4-13-17-14-11(16)2-1-3-12(14)18(13)8-10-5-7-21(19,20)9-10/h1-3,10H,4-9H2. The Morgan fingerprint density at radius 1 is 1.38 bits per heavy atom. The van der Waals surface area contributed by atoms with Crippen LogP contribution in [0, 0.1) is 5.92 Å². The molecule has 1 aliphatic rings. The Morgan fingerprint density at radius 2 is 2.19 bits per heavy atom. The van der Waals surface area contributed by atoms with Crippen molar-refractivity contribution in [1.82, 2.24) is 9.55 Å². The van der Waals surface area contributed by atoms with Crippen LogP contribution in [0.25, 0.3) is 11.0 Å². The lowest BCUT2D eigenvalue weighted by atomic mass is 10.1. The predicted molar refractivity (Wildman–Crippen MR) is 85.9 cm³/mol. The van der Waals surface area contributed by atoms with E-state index in [1.807, 2.05) is 18.2 Å². The zero-order valence-electron chi connectivity index (χ0n) is 11.4. The van der Waals surface area contributed by atoms with E-state index < -0.39 is 9.84 Å². The number of hydrogen-bond donors (Lipinski definition) is 0. The van der Waals surface area contributed by atoms with Gasteiger partial charge in [0.25, 0.3) is 0 Å². The lowest BCUT2D eigenvalue weighted by Crippen LogP contribution is -2.15. The quantitative estimate of drug-likeness (QED) is 0.799. The smallest absolute Gasteiger partial charge is 0.150 e. The van der Waals surface area contributed by atoms with Crippen LogP contribution in [-0.4, -0.2) is 35.4 Å². The number of aromatic nitrogens is 2.